The molecule has 34 heavy (non-hydrogen) atoms. The van der Waals surface area contributed by atoms with Gasteiger partial charge in [-0.3, -0.25) is 14.5 Å². The van der Waals surface area contributed by atoms with Crippen LogP contribution in [0.2, 0.25) is 0 Å². The Morgan fingerprint density at radius 2 is 2.00 bits per heavy atom. The fourth-order valence-electron chi connectivity index (χ4n) is 4.70. The average molecular weight is 482 g/mol. The third-order valence-electron chi connectivity index (χ3n) is 6.62. The molecule has 2 aromatic heterocycles. The number of nitrogens with one attached hydrogen (secondary N) is 3. The van der Waals surface area contributed by atoms with Crippen LogP contribution in [0.25, 0.3) is 10.2 Å². The zero-order chi connectivity index (χ0) is 23.7. The van der Waals surface area contributed by atoms with Crippen molar-refractivity contribution in [2.24, 2.45) is 5.92 Å². The van der Waals surface area contributed by atoms with Crippen LogP contribution >= 0.6 is 11.3 Å². The number of thiophene rings is 1. The summed E-state index contributed by atoms with van der Waals surface area (Å²) < 4.78 is 5.32. The normalized spacial score (nSPS) is 19.5. The van der Waals surface area contributed by atoms with Crippen molar-refractivity contribution in [1.29, 1.82) is 0 Å². The molecule has 1 amide bonds. The zero-order valence-electron chi connectivity index (χ0n) is 19.6. The summed E-state index contributed by atoms with van der Waals surface area (Å²) in [7, 11) is 0. The van der Waals surface area contributed by atoms with Gasteiger partial charge in [0.15, 0.2) is 0 Å². The Labute approximate surface area is 202 Å². The minimum absolute atomic E-state index is 0.0286. The van der Waals surface area contributed by atoms with Crippen LogP contribution in [0.4, 0.5) is 11.4 Å². The zero-order valence-corrected chi connectivity index (χ0v) is 20.5. The number of fused-ring (bicyclic) bond motifs is 3. The van der Waals surface area contributed by atoms with Crippen molar-refractivity contribution in [2.75, 3.05) is 43.5 Å². The predicted molar refractivity (Wildman–Crippen MR) is 136 cm³/mol. The summed E-state index contributed by atoms with van der Waals surface area (Å²) in [6.07, 6.45) is 3.12. The largest absolute Gasteiger partial charge is 0.379 e. The van der Waals surface area contributed by atoms with Crippen molar-refractivity contribution >= 4 is 38.8 Å². The summed E-state index contributed by atoms with van der Waals surface area (Å²) in [5, 5.41) is 7.13. The molecule has 2 aliphatic rings. The molecule has 9 heteroatoms. The van der Waals surface area contributed by atoms with Crippen LogP contribution < -0.4 is 16.2 Å². The summed E-state index contributed by atoms with van der Waals surface area (Å²) in [4.78, 5) is 37.2. The summed E-state index contributed by atoms with van der Waals surface area (Å²) in [6, 6.07) is 7.42. The second kappa shape index (κ2) is 9.85. The predicted octanol–water partition coefficient (Wildman–Crippen LogP) is 3.55. The van der Waals surface area contributed by atoms with Crippen LogP contribution in [0, 0.1) is 5.92 Å². The number of H-pyrrole nitrogens is 1. The fourth-order valence-corrected chi connectivity index (χ4v) is 6.09. The van der Waals surface area contributed by atoms with Gasteiger partial charge in [-0.05, 0) is 61.9 Å². The Kier molecular flexibility index (Phi) is 6.67. The first-order valence-electron chi connectivity index (χ1n) is 12.0. The van der Waals surface area contributed by atoms with Crippen LogP contribution in [-0.4, -0.2) is 53.6 Å². The standard InChI is InChI=1S/C25H31N5O3S/c1-15-3-8-19-20(13-15)34-25-22(19)24(32)28-23(29-25)16(2)26-17-4-6-18(7-5-17)27-21(31)14-30-9-11-33-12-10-30/h4-7,15-16,26H,3,8-14H2,1-2H3,(H,27,31)(H,28,29,32)/t15-,16+/m1/s1. The van der Waals surface area contributed by atoms with E-state index in [4.69, 9.17) is 9.72 Å². The number of aromatic amines is 1. The van der Waals surface area contributed by atoms with E-state index in [1.54, 1.807) is 11.3 Å². The number of carbonyl (C=O) groups excluding carboxylic acids is 1. The highest BCUT2D eigenvalue weighted by Crippen LogP contribution is 2.36. The number of anilines is 2. The molecule has 1 aliphatic heterocycles. The summed E-state index contributed by atoms with van der Waals surface area (Å²) >= 11 is 1.67. The number of nitrogens with zero attached hydrogens (tertiary/aromatic N) is 2. The van der Waals surface area contributed by atoms with Gasteiger partial charge in [-0.1, -0.05) is 6.92 Å². The number of carbonyl (C=O) groups is 1. The first-order chi connectivity index (χ1) is 16.5. The van der Waals surface area contributed by atoms with Crippen LogP contribution in [0.3, 0.4) is 0 Å². The molecule has 0 radical (unpaired) electrons. The molecule has 3 N–H and O–H groups in total. The highest BCUT2D eigenvalue weighted by molar-refractivity contribution is 7.18. The second-order valence-corrected chi connectivity index (χ2v) is 10.4. The van der Waals surface area contributed by atoms with E-state index in [2.05, 4.69) is 27.4 Å². The molecule has 1 fully saturated rings. The number of amides is 1. The smallest absolute Gasteiger partial charge is 0.259 e. The lowest BCUT2D eigenvalue weighted by atomic mass is 9.89. The molecule has 8 nitrogen and oxygen atoms in total. The molecule has 0 bridgehead atoms. The lowest BCUT2D eigenvalue weighted by Crippen LogP contribution is -2.41. The number of ether oxygens (including phenoxy) is 1. The molecule has 2 atom stereocenters. The molecule has 1 aromatic carbocycles. The SMILES string of the molecule is C[C@@H]1CCc2c(sc3nc([C@H](C)Nc4ccc(NC(=O)CN5CCOCC5)cc4)[nH]c(=O)c23)C1. The van der Waals surface area contributed by atoms with Gasteiger partial charge < -0.3 is 20.4 Å². The maximum absolute atomic E-state index is 12.9. The van der Waals surface area contributed by atoms with Gasteiger partial charge in [0.2, 0.25) is 5.91 Å². The van der Waals surface area contributed by atoms with Crippen molar-refractivity contribution in [3.8, 4) is 0 Å². The first kappa shape index (κ1) is 23.0. The summed E-state index contributed by atoms with van der Waals surface area (Å²) in [5.74, 6) is 1.26. The monoisotopic (exact) mass is 481 g/mol. The average Bonchev–Trinajstić information content (AvgIpc) is 3.18. The van der Waals surface area contributed by atoms with Crippen molar-refractivity contribution < 1.29 is 9.53 Å². The van der Waals surface area contributed by atoms with E-state index < -0.39 is 0 Å². The second-order valence-electron chi connectivity index (χ2n) is 9.36. The molecule has 3 heterocycles. The first-order valence-corrected chi connectivity index (χ1v) is 12.8. The topological polar surface area (TPSA) is 99.3 Å². The molecular formula is C25H31N5O3S. The molecule has 1 aliphatic carbocycles. The van der Waals surface area contributed by atoms with E-state index in [0.29, 0.717) is 31.5 Å². The summed E-state index contributed by atoms with van der Waals surface area (Å²) in [6.45, 7) is 7.53. The van der Waals surface area contributed by atoms with E-state index in [1.165, 1.54) is 10.4 Å². The highest BCUT2D eigenvalue weighted by atomic mass is 32.1. The molecule has 180 valence electrons. The number of hydrogen-bond acceptors (Lipinski definition) is 7. The van der Waals surface area contributed by atoms with Gasteiger partial charge in [0, 0.05) is 29.3 Å². The van der Waals surface area contributed by atoms with Crippen molar-refractivity contribution in [2.45, 2.75) is 39.2 Å². The Hall–Kier alpha value is -2.75. The minimum Gasteiger partial charge on any atom is -0.379 e. The van der Waals surface area contributed by atoms with Crippen molar-refractivity contribution in [3.05, 3.63) is 50.9 Å². The van der Waals surface area contributed by atoms with E-state index in [0.717, 1.165) is 53.9 Å². The van der Waals surface area contributed by atoms with Crippen LogP contribution in [-0.2, 0) is 22.4 Å². The van der Waals surface area contributed by atoms with Crippen LogP contribution in [0.15, 0.2) is 29.1 Å². The van der Waals surface area contributed by atoms with E-state index >= 15 is 0 Å². The fraction of sp³-hybridized carbons (Fsp3) is 0.480. The highest BCUT2D eigenvalue weighted by Gasteiger charge is 2.23. The number of rotatable bonds is 6. The molecule has 1 saturated heterocycles. The van der Waals surface area contributed by atoms with Gasteiger partial charge in [0.05, 0.1) is 31.2 Å². The minimum atomic E-state index is -0.170. The van der Waals surface area contributed by atoms with Gasteiger partial charge in [-0.2, -0.15) is 0 Å². The van der Waals surface area contributed by atoms with E-state index in [-0.39, 0.29) is 17.5 Å². The van der Waals surface area contributed by atoms with Crippen LogP contribution in [0.1, 0.15) is 42.6 Å². The van der Waals surface area contributed by atoms with Crippen molar-refractivity contribution in [1.82, 2.24) is 14.9 Å². The Bertz CT molecular complexity index is 1230. The number of morpholine rings is 1. The molecule has 0 unspecified atom stereocenters. The molecule has 3 aromatic rings. The molecule has 0 saturated carbocycles. The van der Waals surface area contributed by atoms with Gasteiger partial charge >= 0.3 is 0 Å². The lowest BCUT2D eigenvalue weighted by Gasteiger charge is -2.25. The third-order valence-corrected chi connectivity index (χ3v) is 7.76. The maximum atomic E-state index is 12.9. The van der Waals surface area contributed by atoms with Crippen molar-refractivity contribution in [3.63, 3.8) is 0 Å². The van der Waals surface area contributed by atoms with E-state index in [9.17, 15) is 9.59 Å². The maximum Gasteiger partial charge on any atom is 0.259 e. The Morgan fingerprint density at radius 1 is 1.26 bits per heavy atom. The Balaban J connectivity index is 1.24. The summed E-state index contributed by atoms with van der Waals surface area (Å²) in [5.41, 5.74) is 2.80. The van der Waals surface area contributed by atoms with Gasteiger partial charge in [-0.15, -0.1) is 11.3 Å². The number of aromatic nitrogens is 2. The molecule has 0 spiro atoms. The Morgan fingerprint density at radius 3 is 2.76 bits per heavy atom. The van der Waals surface area contributed by atoms with Gasteiger partial charge in [0.25, 0.3) is 5.56 Å². The quantitative estimate of drug-likeness (QED) is 0.498. The number of benzene rings is 1. The van der Waals surface area contributed by atoms with Gasteiger partial charge in [-0.25, -0.2) is 4.98 Å². The lowest BCUT2D eigenvalue weighted by molar-refractivity contribution is -0.118. The van der Waals surface area contributed by atoms with Crippen LogP contribution in [0.5, 0.6) is 0 Å². The number of hydrogen-bond donors (Lipinski definition) is 3. The van der Waals surface area contributed by atoms with Gasteiger partial charge in [0.1, 0.15) is 10.7 Å². The molecule has 5 rings (SSSR count). The number of aryl methyl sites for hydroxylation is 1. The molecular weight excluding hydrogens is 450 g/mol. The van der Waals surface area contributed by atoms with E-state index in [1.807, 2.05) is 31.2 Å². The third kappa shape index (κ3) is 5.01.